The van der Waals surface area contributed by atoms with Crippen molar-refractivity contribution in [3.8, 4) is 6.07 Å². The molecule has 19 heavy (non-hydrogen) atoms. The monoisotopic (exact) mass is 287 g/mol. The molecule has 1 aromatic carbocycles. The smallest absolute Gasteiger partial charge is 0.187 e. The number of nitrogens with zero attached hydrogens (tertiary/aromatic N) is 1. The summed E-state index contributed by atoms with van der Waals surface area (Å²) >= 11 is 0. The van der Waals surface area contributed by atoms with Crippen LogP contribution in [-0.4, -0.2) is 8.32 Å². The van der Waals surface area contributed by atoms with Crippen molar-refractivity contribution in [1.82, 2.24) is 0 Å². The minimum Gasteiger partial charge on any atom is -0.413 e. The van der Waals surface area contributed by atoms with Crippen LogP contribution in [-0.2, 0) is 11.0 Å². The van der Waals surface area contributed by atoms with Crippen molar-refractivity contribution in [2.45, 2.75) is 38.6 Å². The first-order valence-electron chi connectivity index (χ1n) is 6.00. The summed E-state index contributed by atoms with van der Waals surface area (Å²) < 4.78 is 45.4. The lowest BCUT2D eigenvalue weighted by Gasteiger charge is -2.22. The fourth-order valence-corrected chi connectivity index (χ4v) is 3.34. The second kappa shape index (κ2) is 6.73. The maximum atomic E-state index is 13.4. The Morgan fingerprint density at radius 1 is 1.21 bits per heavy atom. The Hall–Kier alpha value is -1.32. The minimum atomic E-state index is -2.09. The number of rotatable bonds is 6. The first-order valence-corrected chi connectivity index (χ1v) is 9.12. The van der Waals surface area contributed by atoms with E-state index in [1.54, 1.807) is 0 Å². The molecule has 0 aliphatic carbocycles. The average Bonchev–Trinajstić information content (AvgIpc) is 2.34. The molecule has 0 N–H and O–H groups in total. The molecule has 2 nitrogen and oxygen atoms in total. The quantitative estimate of drug-likeness (QED) is 0.448. The normalized spacial score (nSPS) is 11.4. The Morgan fingerprint density at radius 3 is 2.47 bits per heavy atom. The van der Waals surface area contributed by atoms with E-state index in [0.29, 0.717) is 12.8 Å². The van der Waals surface area contributed by atoms with Crippen molar-refractivity contribution in [2.75, 3.05) is 0 Å². The molecule has 0 aromatic heterocycles. The Balaban J connectivity index is 2.66. The molecule has 0 heterocycles. The van der Waals surface area contributed by atoms with E-state index in [9.17, 15) is 13.2 Å². The summed E-state index contributed by atoms with van der Waals surface area (Å²) in [5, 5.41) is 8.46. The van der Waals surface area contributed by atoms with Crippen molar-refractivity contribution < 1.29 is 17.6 Å². The van der Waals surface area contributed by atoms with Crippen LogP contribution >= 0.6 is 0 Å². The highest BCUT2D eigenvalue weighted by Crippen LogP contribution is 2.21. The number of nitriles is 1. The average molecular weight is 287 g/mol. The molecule has 0 spiro atoms. The van der Waals surface area contributed by atoms with Gasteiger partial charge < -0.3 is 4.43 Å². The molecule has 0 fully saturated rings. The van der Waals surface area contributed by atoms with Gasteiger partial charge in [-0.25, -0.2) is 13.2 Å². The van der Waals surface area contributed by atoms with Crippen molar-refractivity contribution in [1.29, 1.82) is 5.26 Å². The van der Waals surface area contributed by atoms with Crippen LogP contribution in [0.25, 0.3) is 0 Å². The Kier molecular flexibility index (Phi) is 5.57. The molecular formula is C13H16F3NOSi. The van der Waals surface area contributed by atoms with Crippen molar-refractivity contribution in [2.24, 2.45) is 0 Å². The zero-order chi connectivity index (χ0) is 14.5. The number of hydrogen-bond acceptors (Lipinski definition) is 2. The molecule has 0 saturated carbocycles. The van der Waals surface area contributed by atoms with Gasteiger partial charge in [0.1, 0.15) is 5.82 Å². The lowest BCUT2D eigenvalue weighted by molar-refractivity contribution is 0.278. The van der Waals surface area contributed by atoms with E-state index in [4.69, 9.17) is 9.69 Å². The van der Waals surface area contributed by atoms with Gasteiger partial charge in [0.05, 0.1) is 18.2 Å². The van der Waals surface area contributed by atoms with Gasteiger partial charge in [-0.15, -0.1) is 0 Å². The fraction of sp³-hybridized carbons (Fsp3) is 0.462. The molecule has 6 heteroatoms. The third-order valence-electron chi connectivity index (χ3n) is 2.81. The zero-order valence-electron chi connectivity index (χ0n) is 11.0. The Morgan fingerprint density at radius 2 is 1.84 bits per heavy atom. The van der Waals surface area contributed by atoms with E-state index < -0.39 is 25.8 Å². The lowest BCUT2D eigenvalue weighted by Crippen LogP contribution is -2.30. The highest BCUT2D eigenvalue weighted by Gasteiger charge is 2.24. The highest BCUT2D eigenvalue weighted by molar-refractivity contribution is 6.71. The number of halogens is 3. The van der Waals surface area contributed by atoms with E-state index in [2.05, 4.69) is 0 Å². The number of hydrogen-bond donors (Lipinski definition) is 0. The molecular weight excluding hydrogens is 271 g/mol. The summed E-state index contributed by atoms with van der Waals surface area (Å²) in [5.74, 6) is -3.08. The maximum absolute atomic E-state index is 13.4. The Labute approximate surface area is 111 Å². The van der Waals surface area contributed by atoms with Gasteiger partial charge in [0.2, 0.25) is 0 Å². The molecule has 0 unspecified atom stereocenters. The van der Waals surface area contributed by atoms with Crippen LogP contribution in [0.5, 0.6) is 0 Å². The largest absolute Gasteiger partial charge is 0.413 e. The third-order valence-corrected chi connectivity index (χ3v) is 5.30. The summed E-state index contributed by atoms with van der Waals surface area (Å²) in [6, 6.07) is 4.40. The van der Waals surface area contributed by atoms with Gasteiger partial charge in [-0.1, -0.05) is 0 Å². The summed E-state index contributed by atoms with van der Waals surface area (Å²) in [7, 11) is -2.09. The predicted molar refractivity (Wildman–Crippen MR) is 68.2 cm³/mol. The Bertz CT molecular complexity index is 486. The van der Waals surface area contributed by atoms with Gasteiger partial charge in [0.15, 0.2) is 20.0 Å². The predicted octanol–water partition coefficient (Wildman–Crippen LogP) is 4.13. The standard InChI is InChI=1S/C13H16F3NOSi/c1-19(2,8-4-3-7-17)18-9-10-11(14)5-6-12(15)13(10)16/h5-6H,3-4,8-9H2,1-2H3. The van der Waals surface area contributed by atoms with Gasteiger partial charge in [0.25, 0.3) is 0 Å². The molecule has 0 saturated heterocycles. The van der Waals surface area contributed by atoms with Gasteiger partial charge in [-0.05, 0) is 37.7 Å². The van der Waals surface area contributed by atoms with Crippen molar-refractivity contribution in [3.63, 3.8) is 0 Å². The number of benzene rings is 1. The lowest BCUT2D eigenvalue weighted by atomic mass is 10.2. The van der Waals surface area contributed by atoms with Crippen LogP contribution < -0.4 is 0 Å². The van der Waals surface area contributed by atoms with E-state index in [1.807, 2.05) is 19.2 Å². The molecule has 0 radical (unpaired) electrons. The molecule has 0 amide bonds. The summed E-state index contributed by atoms with van der Waals surface area (Å²) in [6.07, 6.45) is 1.13. The first kappa shape index (κ1) is 15.7. The molecule has 104 valence electrons. The van der Waals surface area contributed by atoms with E-state index in [0.717, 1.165) is 18.2 Å². The van der Waals surface area contributed by atoms with Crippen LogP contribution in [0.3, 0.4) is 0 Å². The van der Waals surface area contributed by atoms with E-state index in [-0.39, 0.29) is 12.2 Å². The number of unbranched alkanes of at least 4 members (excludes halogenated alkanes) is 1. The first-order chi connectivity index (χ1) is 8.87. The minimum absolute atomic E-state index is 0.277. The SMILES string of the molecule is C[Si](C)(CCCC#N)OCc1c(F)ccc(F)c1F. The topological polar surface area (TPSA) is 33.0 Å². The molecule has 1 rings (SSSR count). The van der Waals surface area contributed by atoms with Gasteiger partial charge in [-0.3, -0.25) is 0 Å². The molecule has 0 aliphatic rings. The highest BCUT2D eigenvalue weighted by atomic mass is 28.4. The molecule has 0 aliphatic heterocycles. The zero-order valence-corrected chi connectivity index (χ0v) is 12.0. The van der Waals surface area contributed by atoms with E-state index in [1.165, 1.54) is 0 Å². The van der Waals surface area contributed by atoms with E-state index >= 15 is 0 Å². The molecule has 0 bridgehead atoms. The third kappa shape index (κ3) is 4.69. The van der Waals surface area contributed by atoms with Crippen LogP contribution in [0.4, 0.5) is 13.2 Å². The van der Waals surface area contributed by atoms with Gasteiger partial charge in [0, 0.05) is 6.42 Å². The van der Waals surface area contributed by atoms with Crippen molar-refractivity contribution in [3.05, 3.63) is 35.1 Å². The summed E-state index contributed by atoms with van der Waals surface area (Å²) in [4.78, 5) is 0. The maximum Gasteiger partial charge on any atom is 0.187 e. The van der Waals surface area contributed by atoms with Gasteiger partial charge in [-0.2, -0.15) is 5.26 Å². The van der Waals surface area contributed by atoms with Gasteiger partial charge >= 0.3 is 0 Å². The van der Waals surface area contributed by atoms with Crippen LogP contribution in [0, 0.1) is 28.8 Å². The molecule has 0 atom stereocenters. The molecule has 1 aromatic rings. The summed E-state index contributed by atoms with van der Waals surface area (Å²) in [6.45, 7) is 3.53. The van der Waals surface area contributed by atoms with Crippen LogP contribution in [0.15, 0.2) is 12.1 Å². The van der Waals surface area contributed by atoms with Crippen molar-refractivity contribution >= 4 is 8.32 Å². The second-order valence-corrected chi connectivity index (χ2v) is 9.19. The second-order valence-electron chi connectivity index (χ2n) is 4.88. The fourth-order valence-electron chi connectivity index (χ4n) is 1.63. The van der Waals surface area contributed by atoms with Crippen LogP contribution in [0.1, 0.15) is 18.4 Å². The van der Waals surface area contributed by atoms with Crippen LogP contribution in [0.2, 0.25) is 19.1 Å². The summed E-state index contributed by atoms with van der Waals surface area (Å²) in [5.41, 5.74) is -0.374.